The fourth-order valence-corrected chi connectivity index (χ4v) is 3.12. The van der Waals surface area contributed by atoms with Crippen LogP contribution < -0.4 is 10.5 Å². The molecule has 2 aromatic carbocycles. The molecule has 106 valence electrons. The van der Waals surface area contributed by atoms with Crippen molar-refractivity contribution in [3.63, 3.8) is 0 Å². The van der Waals surface area contributed by atoms with E-state index in [9.17, 15) is 0 Å². The van der Waals surface area contributed by atoms with Gasteiger partial charge in [0, 0.05) is 23.6 Å². The molecule has 0 bridgehead atoms. The Kier molecular flexibility index (Phi) is 5.50. The van der Waals surface area contributed by atoms with E-state index < -0.39 is 0 Å². The minimum Gasteiger partial charge on any atom is -0.496 e. The quantitative estimate of drug-likeness (QED) is 0.875. The Balaban J connectivity index is 1.99. The first-order valence-corrected chi connectivity index (χ1v) is 7.87. The van der Waals surface area contributed by atoms with Gasteiger partial charge in [0.1, 0.15) is 5.75 Å². The van der Waals surface area contributed by atoms with E-state index >= 15 is 0 Å². The van der Waals surface area contributed by atoms with Crippen molar-refractivity contribution in [1.29, 1.82) is 0 Å². The van der Waals surface area contributed by atoms with Crippen LogP contribution in [0.4, 0.5) is 0 Å². The maximum absolute atomic E-state index is 5.70. The standard InChI is InChI=1S/C17H21NOS/c1-13-4-3-5-15(8-13)11-20-12-16-9-14(10-18)6-7-17(16)19-2/h3-9H,10-12,18H2,1-2H3. The molecule has 20 heavy (non-hydrogen) atoms. The molecule has 0 aliphatic rings. The molecule has 2 rings (SSSR count). The van der Waals surface area contributed by atoms with E-state index in [0.29, 0.717) is 6.54 Å². The van der Waals surface area contributed by atoms with Crippen LogP contribution in [0.25, 0.3) is 0 Å². The smallest absolute Gasteiger partial charge is 0.122 e. The van der Waals surface area contributed by atoms with Gasteiger partial charge in [0.15, 0.2) is 0 Å². The number of thioether (sulfide) groups is 1. The summed E-state index contributed by atoms with van der Waals surface area (Å²) < 4.78 is 5.41. The average molecular weight is 287 g/mol. The van der Waals surface area contributed by atoms with Gasteiger partial charge >= 0.3 is 0 Å². The monoisotopic (exact) mass is 287 g/mol. The molecule has 0 aromatic heterocycles. The largest absolute Gasteiger partial charge is 0.496 e. The minimum atomic E-state index is 0.569. The van der Waals surface area contributed by atoms with Crippen molar-refractivity contribution in [1.82, 2.24) is 0 Å². The third-order valence-electron chi connectivity index (χ3n) is 3.19. The van der Waals surface area contributed by atoms with E-state index in [4.69, 9.17) is 10.5 Å². The number of ether oxygens (including phenoxy) is 1. The molecule has 0 fully saturated rings. The van der Waals surface area contributed by atoms with Crippen molar-refractivity contribution in [3.8, 4) is 5.75 Å². The van der Waals surface area contributed by atoms with Crippen LogP contribution in [0, 0.1) is 6.92 Å². The van der Waals surface area contributed by atoms with Crippen molar-refractivity contribution in [2.45, 2.75) is 25.0 Å². The fourth-order valence-electron chi connectivity index (χ4n) is 2.15. The van der Waals surface area contributed by atoms with Gasteiger partial charge < -0.3 is 10.5 Å². The average Bonchev–Trinajstić information content (AvgIpc) is 2.47. The molecule has 0 aliphatic heterocycles. The van der Waals surface area contributed by atoms with Gasteiger partial charge in [-0.05, 0) is 30.2 Å². The van der Waals surface area contributed by atoms with E-state index in [1.54, 1.807) is 7.11 Å². The predicted molar refractivity (Wildman–Crippen MR) is 87.1 cm³/mol. The number of nitrogens with two attached hydrogens (primary N) is 1. The molecule has 0 saturated heterocycles. The Hall–Kier alpha value is -1.45. The van der Waals surface area contributed by atoms with Gasteiger partial charge in [-0.15, -0.1) is 0 Å². The fraction of sp³-hybridized carbons (Fsp3) is 0.294. The van der Waals surface area contributed by atoms with Gasteiger partial charge in [0.05, 0.1) is 7.11 Å². The molecule has 0 radical (unpaired) electrons. The number of hydrogen-bond acceptors (Lipinski definition) is 3. The van der Waals surface area contributed by atoms with Crippen LogP contribution in [0.15, 0.2) is 42.5 Å². The molecule has 0 aliphatic carbocycles. The van der Waals surface area contributed by atoms with Gasteiger partial charge in [-0.2, -0.15) is 11.8 Å². The lowest BCUT2D eigenvalue weighted by Gasteiger charge is -2.10. The Morgan fingerprint density at radius 3 is 2.60 bits per heavy atom. The molecule has 0 amide bonds. The number of methoxy groups -OCH3 is 1. The third-order valence-corrected chi connectivity index (χ3v) is 4.24. The van der Waals surface area contributed by atoms with Crippen molar-refractivity contribution >= 4 is 11.8 Å². The van der Waals surface area contributed by atoms with Crippen molar-refractivity contribution in [2.75, 3.05) is 7.11 Å². The molecular formula is C17H21NOS. The second kappa shape index (κ2) is 7.36. The van der Waals surface area contributed by atoms with Crippen molar-refractivity contribution in [3.05, 3.63) is 64.7 Å². The van der Waals surface area contributed by atoms with E-state index in [1.807, 2.05) is 23.9 Å². The summed E-state index contributed by atoms with van der Waals surface area (Å²) in [6, 6.07) is 14.8. The zero-order chi connectivity index (χ0) is 14.4. The second-order valence-corrected chi connectivity index (χ2v) is 5.82. The topological polar surface area (TPSA) is 35.2 Å². The zero-order valence-corrected chi connectivity index (χ0v) is 12.9. The summed E-state index contributed by atoms with van der Waals surface area (Å²) >= 11 is 1.90. The number of hydrogen-bond donors (Lipinski definition) is 1. The first kappa shape index (κ1) is 14.9. The van der Waals surface area contributed by atoms with Crippen LogP contribution in [-0.4, -0.2) is 7.11 Å². The highest BCUT2D eigenvalue weighted by molar-refractivity contribution is 7.97. The maximum atomic E-state index is 5.70. The highest BCUT2D eigenvalue weighted by Gasteiger charge is 2.04. The zero-order valence-electron chi connectivity index (χ0n) is 12.1. The summed E-state index contributed by atoms with van der Waals surface area (Å²) in [5.74, 6) is 2.89. The second-order valence-electron chi connectivity index (χ2n) is 4.83. The van der Waals surface area contributed by atoms with Crippen LogP contribution >= 0.6 is 11.8 Å². The first-order chi connectivity index (χ1) is 9.72. The summed E-state index contributed by atoms with van der Waals surface area (Å²) in [4.78, 5) is 0. The van der Waals surface area contributed by atoms with Gasteiger partial charge in [0.2, 0.25) is 0 Å². The van der Waals surface area contributed by atoms with E-state index in [2.05, 4.69) is 37.3 Å². The molecule has 2 aromatic rings. The number of benzene rings is 2. The molecule has 0 heterocycles. The molecule has 2 N–H and O–H groups in total. The Morgan fingerprint density at radius 1 is 1.05 bits per heavy atom. The van der Waals surface area contributed by atoms with Crippen LogP contribution in [0.2, 0.25) is 0 Å². The summed E-state index contributed by atoms with van der Waals surface area (Å²) in [7, 11) is 1.71. The van der Waals surface area contributed by atoms with Crippen molar-refractivity contribution < 1.29 is 4.74 Å². The lowest BCUT2D eigenvalue weighted by molar-refractivity contribution is 0.411. The maximum Gasteiger partial charge on any atom is 0.122 e. The Labute approximate surface area is 125 Å². The molecule has 2 nitrogen and oxygen atoms in total. The first-order valence-electron chi connectivity index (χ1n) is 6.72. The van der Waals surface area contributed by atoms with Gasteiger partial charge in [-0.1, -0.05) is 35.9 Å². The number of rotatable bonds is 6. The summed E-state index contributed by atoms with van der Waals surface area (Å²) in [6.45, 7) is 2.70. The molecular weight excluding hydrogens is 266 g/mol. The van der Waals surface area contributed by atoms with E-state index in [1.165, 1.54) is 16.7 Å². The van der Waals surface area contributed by atoms with Crippen LogP contribution in [0.3, 0.4) is 0 Å². The lowest BCUT2D eigenvalue weighted by atomic mass is 10.1. The number of aryl methyl sites for hydroxylation is 1. The van der Waals surface area contributed by atoms with Crippen LogP contribution in [-0.2, 0) is 18.1 Å². The van der Waals surface area contributed by atoms with Gasteiger partial charge in [-0.3, -0.25) is 0 Å². The van der Waals surface area contributed by atoms with E-state index in [-0.39, 0.29) is 0 Å². The molecule has 0 atom stereocenters. The summed E-state index contributed by atoms with van der Waals surface area (Å²) in [5.41, 5.74) is 10.7. The minimum absolute atomic E-state index is 0.569. The highest BCUT2D eigenvalue weighted by atomic mass is 32.2. The van der Waals surface area contributed by atoms with Crippen molar-refractivity contribution in [2.24, 2.45) is 5.73 Å². The van der Waals surface area contributed by atoms with E-state index in [0.717, 1.165) is 22.8 Å². The summed E-state index contributed by atoms with van der Waals surface area (Å²) in [6.07, 6.45) is 0. The van der Waals surface area contributed by atoms with Gasteiger partial charge in [-0.25, -0.2) is 0 Å². The highest BCUT2D eigenvalue weighted by Crippen LogP contribution is 2.26. The lowest BCUT2D eigenvalue weighted by Crippen LogP contribution is -1.99. The predicted octanol–water partition coefficient (Wildman–Crippen LogP) is 3.90. The normalized spacial score (nSPS) is 10.6. The molecule has 0 spiro atoms. The third kappa shape index (κ3) is 4.02. The molecule has 0 saturated carbocycles. The Bertz CT molecular complexity index is 569. The van der Waals surface area contributed by atoms with Crippen LogP contribution in [0.1, 0.15) is 22.3 Å². The summed E-state index contributed by atoms with van der Waals surface area (Å²) in [5, 5.41) is 0. The molecule has 0 unspecified atom stereocenters. The Morgan fingerprint density at radius 2 is 1.90 bits per heavy atom. The van der Waals surface area contributed by atoms with Crippen LogP contribution in [0.5, 0.6) is 5.75 Å². The molecule has 3 heteroatoms. The SMILES string of the molecule is COc1ccc(CN)cc1CSCc1cccc(C)c1. The van der Waals surface area contributed by atoms with Gasteiger partial charge in [0.25, 0.3) is 0 Å².